The quantitative estimate of drug-likeness (QED) is 0.567. The monoisotopic (exact) mass is 371 g/mol. The highest BCUT2D eigenvalue weighted by Crippen LogP contribution is 2.25. The number of esters is 1. The summed E-state index contributed by atoms with van der Waals surface area (Å²) in [5, 5.41) is 2.68. The van der Waals surface area contributed by atoms with E-state index >= 15 is 0 Å². The van der Waals surface area contributed by atoms with Gasteiger partial charge in [-0.25, -0.2) is 4.79 Å². The van der Waals surface area contributed by atoms with Gasteiger partial charge in [-0.2, -0.15) is 0 Å². The smallest absolute Gasteiger partial charge is 0.344 e. The SMILES string of the molecule is COc1ccc(C)cc1NC(=O)[C@@H](C)OC(=O)COc1ccc(C=O)cc1. The lowest BCUT2D eigenvalue weighted by Gasteiger charge is -2.16. The number of aryl methyl sites for hydroxylation is 1. The molecule has 0 aromatic heterocycles. The lowest BCUT2D eigenvalue weighted by Crippen LogP contribution is -2.31. The molecule has 0 spiro atoms. The number of carbonyl (C=O) groups is 3. The zero-order valence-corrected chi connectivity index (χ0v) is 15.4. The van der Waals surface area contributed by atoms with Crippen LogP contribution in [0.3, 0.4) is 0 Å². The maximum atomic E-state index is 12.3. The molecule has 0 unspecified atom stereocenters. The lowest BCUT2D eigenvalue weighted by molar-refractivity contribution is -0.155. The molecule has 142 valence electrons. The van der Waals surface area contributed by atoms with E-state index in [2.05, 4.69) is 5.32 Å². The molecule has 1 amide bonds. The Morgan fingerprint density at radius 3 is 2.48 bits per heavy atom. The second kappa shape index (κ2) is 9.38. The number of rotatable bonds is 8. The van der Waals surface area contributed by atoms with Crippen molar-refractivity contribution in [2.75, 3.05) is 19.0 Å². The largest absolute Gasteiger partial charge is 0.495 e. The van der Waals surface area contributed by atoms with Crippen LogP contribution in [-0.2, 0) is 14.3 Å². The second-order valence-corrected chi connectivity index (χ2v) is 5.80. The highest BCUT2D eigenvalue weighted by atomic mass is 16.6. The first-order valence-electron chi connectivity index (χ1n) is 8.26. The van der Waals surface area contributed by atoms with Gasteiger partial charge in [0.25, 0.3) is 5.91 Å². The van der Waals surface area contributed by atoms with Crippen LogP contribution in [0.5, 0.6) is 11.5 Å². The number of methoxy groups -OCH3 is 1. The van der Waals surface area contributed by atoms with E-state index in [0.29, 0.717) is 29.0 Å². The molecule has 1 atom stereocenters. The summed E-state index contributed by atoms with van der Waals surface area (Å²) in [6.45, 7) is 3.00. The number of hydrogen-bond acceptors (Lipinski definition) is 6. The van der Waals surface area contributed by atoms with Crippen molar-refractivity contribution in [3.63, 3.8) is 0 Å². The molecule has 0 saturated heterocycles. The molecule has 27 heavy (non-hydrogen) atoms. The first-order valence-corrected chi connectivity index (χ1v) is 8.26. The van der Waals surface area contributed by atoms with Gasteiger partial charge in [0, 0.05) is 5.56 Å². The highest BCUT2D eigenvalue weighted by Gasteiger charge is 2.19. The highest BCUT2D eigenvalue weighted by molar-refractivity contribution is 5.96. The number of carbonyl (C=O) groups excluding carboxylic acids is 3. The summed E-state index contributed by atoms with van der Waals surface area (Å²) >= 11 is 0. The molecule has 1 N–H and O–H groups in total. The number of amides is 1. The predicted octanol–water partition coefficient (Wildman–Crippen LogP) is 2.77. The molecule has 2 rings (SSSR count). The van der Waals surface area contributed by atoms with Gasteiger partial charge >= 0.3 is 5.97 Å². The van der Waals surface area contributed by atoms with Crippen LogP contribution in [0.25, 0.3) is 0 Å². The van der Waals surface area contributed by atoms with Crippen molar-refractivity contribution in [2.45, 2.75) is 20.0 Å². The molecule has 0 aliphatic carbocycles. The summed E-state index contributed by atoms with van der Waals surface area (Å²) in [5.74, 6) is -0.246. The molecular formula is C20H21NO6. The molecule has 2 aromatic carbocycles. The Bertz CT molecular complexity index is 816. The fraction of sp³-hybridized carbons (Fsp3) is 0.250. The van der Waals surface area contributed by atoms with Gasteiger partial charge in [0.15, 0.2) is 12.7 Å². The summed E-state index contributed by atoms with van der Waals surface area (Å²) in [6, 6.07) is 11.6. The van der Waals surface area contributed by atoms with Crippen LogP contribution in [0, 0.1) is 6.92 Å². The minimum Gasteiger partial charge on any atom is -0.495 e. The van der Waals surface area contributed by atoms with Crippen LogP contribution in [0.2, 0.25) is 0 Å². The molecular weight excluding hydrogens is 350 g/mol. The summed E-state index contributed by atoms with van der Waals surface area (Å²) < 4.78 is 15.6. The maximum absolute atomic E-state index is 12.3. The Morgan fingerprint density at radius 1 is 1.15 bits per heavy atom. The minimum absolute atomic E-state index is 0.355. The average Bonchev–Trinajstić information content (AvgIpc) is 2.67. The van der Waals surface area contributed by atoms with E-state index in [1.54, 1.807) is 36.4 Å². The molecule has 0 fully saturated rings. The molecule has 7 nitrogen and oxygen atoms in total. The lowest BCUT2D eigenvalue weighted by atomic mass is 10.2. The third-order valence-corrected chi connectivity index (χ3v) is 3.66. The molecule has 0 aliphatic rings. The standard InChI is InChI=1S/C20H21NO6/c1-13-4-9-18(25-3)17(10-13)21-20(24)14(2)27-19(23)12-26-16-7-5-15(11-22)6-8-16/h4-11,14H,12H2,1-3H3,(H,21,24)/t14-/m1/s1. The molecule has 2 aromatic rings. The van der Waals surface area contributed by atoms with Crippen LogP contribution in [0.1, 0.15) is 22.8 Å². The van der Waals surface area contributed by atoms with Gasteiger partial charge < -0.3 is 19.5 Å². The van der Waals surface area contributed by atoms with Crippen molar-refractivity contribution in [3.8, 4) is 11.5 Å². The third kappa shape index (κ3) is 5.85. The Labute approximate surface area is 157 Å². The molecule has 7 heteroatoms. The van der Waals surface area contributed by atoms with Crippen molar-refractivity contribution in [2.24, 2.45) is 0 Å². The van der Waals surface area contributed by atoms with Gasteiger partial charge in [-0.3, -0.25) is 9.59 Å². The van der Waals surface area contributed by atoms with Gasteiger partial charge in [0.05, 0.1) is 12.8 Å². The van der Waals surface area contributed by atoms with Crippen molar-refractivity contribution in [1.82, 2.24) is 0 Å². The fourth-order valence-electron chi connectivity index (χ4n) is 2.22. The second-order valence-electron chi connectivity index (χ2n) is 5.80. The van der Waals surface area contributed by atoms with Gasteiger partial charge in [-0.05, 0) is 55.8 Å². The Kier molecular flexibility index (Phi) is 6.93. The third-order valence-electron chi connectivity index (χ3n) is 3.66. The van der Waals surface area contributed by atoms with E-state index in [-0.39, 0.29) is 6.61 Å². The molecule has 0 heterocycles. The summed E-state index contributed by atoms with van der Waals surface area (Å²) in [7, 11) is 1.50. The van der Waals surface area contributed by atoms with E-state index in [9.17, 15) is 14.4 Å². The molecule has 0 bridgehead atoms. The van der Waals surface area contributed by atoms with Crippen molar-refractivity contribution in [1.29, 1.82) is 0 Å². The average molecular weight is 371 g/mol. The van der Waals surface area contributed by atoms with E-state index in [4.69, 9.17) is 14.2 Å². The summed E-state index contributed by atoms with van der Waals surface area (Å²) in [4.78, 5) is 34.7. The number of anilines is 1. The first kappa shape index (κ1) is 20.0. The van der Waals surface area contributed by atoms with E-state index in [1.165, 1.54) is 14.0 Å². The number of nitrogens with one attached hydrogen (secondary N) is 1. The van der Waals surface area contributed by atoms with Crippen molar-refractivity contribution >= 4 is 23.9 Å². The minimum atomic E-state index is -1.01. The Morgan fingerprint density at radius 2 is 1.85 bits per heavy atom. The number of benzene rings is 2. The fourth-order valence-corrected chi connectivity index (χ4v) is 2.22. The molecule has 0 radical (unpaired) electrons. The number of ether oxygens (including phenoxy) is 3. The van der Waals surface area contributed by atoms with Crippen LogP contribution >= 0.6 is 0 Å². The van der Waals surface area contributed by atoms with Crippen LogP contribution < -0.4 is 14.8 Å². The topological polar surface area (TPSA) is 90.9 Å². The Balaban J connectivity index is 1.86. The van der Waals surface area contributed by atoms with Crippen LogP contribution in [0.4, 0.5) is 5.69 Å². The van der Waals surface area contributed by atoms with Crippen molar-refractivity contribution in [3.05, 3.63) is 53.6 Å². The Hall–Kier alpha value is -3.35. The van der Waals surface area contributed by atoms with E-state index in [0.717, 1.165) is 5.56 Å². The molecule has 0 aliphatic heterocycles. The van der Waals surface area contributed by atoms with E-state index < -0.39 is 18.0 Å². The zero-order valence-electron chi connectivity index (χ0n) is 15.4. The van der Waals surface area contributed by atoms with Crippen LogP contribution in [-0.4, -0.2) is 38.0 Å². The number of aldehydes is 1. The van der Waals surface area contributed by atoms with Gasteiger partial charge in [-0.1, -0.05) is 6.07 Å². The van der Waals surface area contributed by atoms with Crippen molar-refractivity contribution < 1.29 is 28.6 Å². The maximum Gasteiger partial charge on any atom is 0.344 e. The van der Waals surface area contributed by atoms with E-state index in [1.807, 2.05) is 13.0 Å². The zero-order chi connectivity index (χ0) is 19.8. The molecule has 0 saturated carbocycles. The summed E-state index contributed by atoms with van der Waals surface area (Å²) in [6.07, 6.45) is -0.301. The number of hydrogen-bond donors (Lipinski definition) is 1. The van der Waals surface area contributed by atoms with Gasteiger partial charge in [0.1, 0.15) is 17.8 Å². The van der Waals surface area contributed by atoms with Gasteiger partial charge in [0.2, 0.25) is 0 Å². The predicted molar refractivity (Wildman–Crippen MR) is 99.2 cm³/mol. The van der Waals surface area contributed by atoms with Crippen LogP contribution in [0.15, 0.2) is 42.5 Å². The first-order chi connectivity index (χ1) is 12.9. The van der Waals surface area contributed by atoms with Gasteiger partial charge in [-0.15, -0.1) is 0 Å². The summed E-state index contributed by atoms with van der Waals surface area (Å²) in [5.41, 5.74) is 1.95. The normalized spacial score (nSPS) is 11.2.